The normalized spacial score (nSPS) is 18.0. The first-order valence-electron chi connectivity index (χ1n) is 8.71. The van der Waals surface area contributed by atoms with Crippen molar-refractivity contribution in [1.29, 1.82) is 0 Å². The van der Waals surface area contributed by atoms with Crippen LogP contribution in [0.25, 0.3) is 0 Å². The summed E-state index contributed by atoms with van der Waals surface area (Å²) < 4.78 is 30.7. The summed E-state index contributed by atoms with van der Waals surface area (Å²) in [6.07, 6.45) is 4.28. The number of likely N-dealkylation sites (tertiary alicyclic amines) is 1. The van der Waals surface area contributed by atoms with Gasteiger partial charge in [-0.05, 0) is 49.4 Å². The molecule has 1 heterocycles. The zero-order valence-corrected chi connectivity index (χ0v) is 16.1. The Morgan fingerprint density at radius 3 is 2.56 bits per heavy atom. The highest BCUT2D eigenvalue weighted by Crippen LogP contribution is 2.22. The van der Waals surface area contributed by atoms with Crippen molar-refractivity contribution in [1.82, 2.24) is 4.90 Å². The van der Waals surface area contributed by atoms with Gasteiger partial charge >= 0.3 is 0 Å². The predicted molar refractivity (Wildman–Crippen MR) is 99.4 cm³/mol. The van der Waals surface area contributed by atoms with Crippen LogP contribution in [0, 0.1) is 5.92 Å². The van der Waals surface area contributed by atoms with E-state index in [1.54, 1.807) is 31.4 Å². The van der Waals surface area contributed by atoms with Gasteiger partial charge in [0.05, 0.1) is 19.1 Å². The molecular formula is C18H28N2O4S. The average molecular weight is 368 g/mol. The van der Waals surface area contributed by atoms with E-state index in [-0.39, 0.29) is 5.91 Å². The van der Waals surface area contributed by atoms with E-state index >= 15 is 0 Å². The summed E-state index contributed by atoms with van der Waals surface area (Å²) in [5.41, 5.74) is 0.586. The maximum atomic E-state index is 12.3. The van der Waals surface area contributed by atoms with Crippen LogP contribution in [-0.2, 0) is 14.8 Å². The molecule has 0 bridgehead atoms. The van der Waals surface area contributed by atoms with Crippen LogP contribution in [0.2, 0.25) is 0 Å². The molecule has 1 aromatic rings. The van der Waals surface area contributed by atoms with Gasteiger partial charge in [-0.1, -0.05) is 6.92 Å². The Hall–Kier alpha value is -1.76. The molecule has 6 nitrogen and oxygen atoms in total. The second-order valence-corrected chi connectivity index (χ2v) is 8.63. The maximum absolute atomic E-state index is 12.3. The summed E-state index contributed by atoms with van der Waals surface area (Å²) in [7, 11) is -1.84. The molecule has 1 atom stereocenters. The van der Waals surface area contributed by atoms with Gasteiger partial charge in [-0.15, -0.1) is 0 Å². The van der Waals surface area contributed by atoms with Crippen molar-refractivity contribution in [2.75, 3.05) is 37.3 Å². The van der Waals surface area contributed by atoms with Crippen molar-refractivity contribution in [3.63, 3.8) is 0 Å². The van der Waals surface area contributed by atoms with Gasteiger partial charge in [0.2, 0.25) is 15.9 Å². The van der Waals surface area contributed by atoms with Gasteiger partial charge in [-0.25, -0.2) is 8.42 Å². The van der Waals surface area contributed by atoms with E-state index in [0.29, 0.717) is 36.7 Å². The molecule has 1 saturated heterocycles. The Balaban J connectivity index is 1.95. The van der Waals surface area contributed by atoms with E-state index in [4.69, 9.17) is 4.74 Å². The molecule has 0 spiro atoms. The zero-order valence-electron chi connectivity index (χ0n) is 15.3. The summed E-state index contributed by atoms with van der Waals surface area (Å²) in [5.74, 6) is 1.34. The van der Waals surface area contributed by atoms with Gasteiger partial charge in [-0.3, -0.25) is 9.10 Å². The molecule has 0 unspecified atom stereocenters. The lowest BCUT2D eigenvalue weighted by Gasteiger charge is -2.31. The molecule has 25 heavy (non-hydrogen) atoms. The number of carbonyl (C=O) groups is 1. The standard InChI is InChI=1S/C18H28N2O4S/c1-15-6-4-12-19(14-15)18(21)7-5-13-20(25(3,22)23)16-8-10-17(24-2)11-9-16/h8-11,15H,4-7,12-14H2,1-3H3/t15-/m1/s1. The number of sulfonamides is 1. The minimum absolute atomic E-state index is 0.120. The van der Waals surface area contributed by atoms with Crippen LogP contribution in [0.15, 0.2) is 24.3 Å². The third-order valence-corrected chi connectivity index (χ3v) is 5.72. The minimum atomic E-state index is -3.40. The molecule has 0 N–H and O–H groups in total. The number of piperidine rings is 1. The molecule has 7 heteroatoms. The third kappa shape index (κ3) is 5.63. The largest absolute Gasteiger partial charge is 0.497 e. The smallest absolute Gasteiger partial charge is 0.232 e. The summed E-state index contributed by atoms with van der Waals surface area (Å²) in [6.45, 7) is 4.08. The van der Waals surface area contributed by atoms with E-state index in [2.05, 4.69) is 6.92 Å². The number of carbonyl (C=O) groups excluding carboxylic acids is 1. The van der Waals surface area contributed by atoms with Crippen LogP contribution < -0.4 is 9.04 Å². The number of rotatable bonds is 7. The number of ether oxygens (including phenoxy) is 1. The summed E-state index contributed by atoms with van der Waals surface area (Å²) in [5, 5.41) is 0. The fourth-order valence-corrected chi connectivity index (χ4v) is 4.15. The molecule has 1 amide bonds. The molecule has 0 saturated carbocycles. The Bertz CT molecular complexity index is 673. The average Bonchev–Trinajstić information content (AvgIpc) is 2.57. The quantitative estimate of drug-likeness (QED) is 0.742. The summed E-state index contributed by atoms with van der Waals surface area (Å²) in [4.78, 5) is 14.2. The van der Waals surface area contributed by atoms with Crippen molar-refractivity contribution in [2.45, 2.75) is 32.6 Å². The second kappa shape index (κ2) is 8.56. The lowest BCUT2D eigenvalue weighted by atomic mass is 10.00. The predicted octanol–water partition coefficient (Wildman–Crippen LogP) is 2.50. The van der Waals surface area contributed by atoms with Gasteiger partial charge in [-0.2, -0.15) is 0 Å². The van der Waals surface area contributed by atoms with Crippen LogP contribution >= 0.6 is 0 Å². The number of amides is 1. The molecule has 1 fully saturated rings. The topological polar surface area (TPSA) is 66.9 Å². The Morgan fingerprint density at radius 1 is 1.32 bits per heavy atom. The van der Waals surface area contributed by atoms with Crippen LogP contribution in [0.3, 0.4) is 0 Å². The maximum Gasteiger partial charge on any atom is 0.232 e. The number of methoxy groups -OCH3 is 1. The fourth-order valence-electron chi connectivity index (χ4n) is 3.18. The van der Waals surface area contributed by atoms with E-state index in [1.807, 2.05) is 4.90 Å². The second-order valence-electron chi connectivity index (χ2n) is 6.72. The van der Waals surface area contributed by atoms with Gasteiger partial charge < -0.3 is 9.64 Å². The highest BCUT2D eigenvalue weighted by atomic mass is 32.2. The third-order valence-electron chi connectivity index (χ3n) is 4.52. The monoisotopic (exact) mass is 368 g/mol. The number of benzene rings is 1. The van der Waals surface area contributed by atoms with Gasteiger partial charge in [0.1, 0.15) is 5.75 Å². The molecule has 140 valence electrons. The Labute approximate surface area is 150 Å². The molecule has 0 aliphatic carbocycles. The molecule has 1 aromatic carbocycles. The number of hydrogen-bond acceptors (Lipinski definition) is 4. The molecule has 1 aliphatic heterocycles. The summed E-state index contributed by atoms with van der Waals surface area (Å²) in [6, 6.07) is 6.89. The van der Waals surface area contributed by atoms with Crippen molar-refractivity contribution < 1.29 is 17.9 Å². The van der Waals surface area contributed by atoms with E-state index < -0.39 is 10.0 Å². The van der Waals surface area contributed by atoms with Crippen molar-refractivity contribution in [3.05, 3.63) is 24.3 Å². The van der Waals surface area contributed by atoms with Crippen LogP contribution in [0.4, 0.5) is 5.69 Å². The SMILES string of the molecule is COc1ccc(N(CCCC(=O)N2CCC[C@@H](C)C2)S(C)(=O)=O)cc1. The van der Waals surface area contributed by atoms with E-state index in [9.17, 15) is 13.2 Å². The van der Waals surface area contributed by atoms with Crippen molar-refractivity contribution >= 4 is 21.6 Å². The van der Waals surface area contributed by atoms with Gasteiger partial charge in [0.15, 0.2) is 0 Å². The highest BCUT2D eigenvalue weighted by Gasteiger charge is 2.22. The van der Waals surface area contributed by atoms with Crippen molar-refractivity contribution in [2.24, 2.45) is 5.92 Å². The van der Waals surface area contributed by atoms with Crippen molar-refractivity contribution in [3.8, 4) is 5.75 Å². The van der Waals surface area contributed by atoms with Gasteiger partial charge in [0.25, 0.3) is 0 Å². The Kier molecular flexibility index (Phi) is 6.70. The first kappa shape index (κ1) is 19.6. The Morgan fingerprint density at radius 2 is 2.00 bits per heavy atom. The first-order valence-corrected chi connectivity index (χ1v) is 10.6. The lowest BCUT2D eigenvalue weighted by Crippen LogP contribution is -2.39. The zero-order chi connectivity index (χ0) is 18.4. The molecule has 2 rings (SSSR count). The van der Waals surface area contributed by atoms with E-state index in [0.717, 1.165) is 19.5 Å². The molecule has 0 aromatic heterocycles. The summed E-state index contributed by atoms with van der Waals surface area (Å²) >= 11 is 0. The van der Waals surface area contributed by atoms with Gasteiger partial charge in [0, 0.05) is 26.1 Å². The minimum Gasteiger partial charge on any atom is -0.497 e. The number of nitrogens with zero attached hydrogens (tertiary/aromatic N) is 2. The van der Waals surface area contributed by atoms with Crippen LogP contribution in [-0.4, -0.2) is 52.2 Å². The molecular weight excluding hydrogens is 340 g/mol. The number of hydrogen-bond donors (Lipinski definition) is 0. The van der Waals surface area contributed by atoms with Crippen LogP contribution in [0.1, 0.15) is 32.6 Å². The van der Waals surface area contributed by atoms with E-state index in [1.165, 1.54) is 17.0 Å². The molecule has 1 aliphatic rings. The highest BCUT2D eigenvalue weighted by molar-refractivity contribution is 7.92. The fraction of sp³-hybridized carbons (Fsp3) is 0.611. The number of anilines is 1. The lowest BCUT2D eigenvalue weighted by molar-refractivity contribution is -0.132. The molecule has 0 radical (unpaired) electrons. The first-order chi connectivity index (χ1) is 11.8. The van der Waals surface area contributed by atoms with Crippen LogP contribution in [0.5, 0.6) is 5.75 Å².